The first-order chi connectivity index (χ1) is 10.2. The molecule has 6 nitrogen and oxygen atoms in total. The Morgan fingerprint density at radius 3 is 2.52 bits per heavy atom. The second-order valence-corrected chi connectivity index (χ2v) is 5.30. The monoisotopic (exact) mass is 285 g/mol. The maximum Gasteiger partial charge on any atom is 0.293 e. The van der Waals surface area contributed by atoms with Gasteiger partial charge < -0.3 is 4.90 Å². The Kier molecular flexibility index (Phi) is 3.96. The molecule has 0 radical (unpaired) electrons. The summed E-state index contributed by atoms with van der Waals surface area (Å²) in [6.07, 6.45) is 0. The highest BCUT2D eigenvalue weighted by atomic mass is 16.2. The van der Waals surface area contributed by atoms with E-state index >= 15 is 0 Å². The zero-order valence-electron chi connectivity index (χ0n) is 12.1. The summed E-state index contributed by atoms with van der Waals surface area (Å²) in [6, 6.07) is 10.4. The molecule has 3 rings (SSSR count). The zero-order chi connectivity index (χ0) is 14.7. The van der Waals surface area contributed by atoms with Crippen molar-refractivity contribution in [2.45, 2.75) is 13.5 Å². The van der Waals surface area contributed by atoms with Crippen LogP contribution in [-0.2, 0) is 6.54 Å². The third-order valence-electron chi connectivity index (χ3n) is 3.70. The Hall–Kier alpha value is -2.21. The molecule has 6 heteroatoms. The van der Waals surface area contributed by atoms with Gasteiger partial charge in [-0.25, -0.2) is 4.98 Å². The fraction of sp³-hybridized carbons (Fsp3) is 0.400. The number of amides is 1. The molecule has 1 amide bonds. The summed E-state index contributed by atoms with van der Waals surface area (Å²) in [7, 11) is 0. The predicted octanol–water partition coefficient (Wildman–Crippen LogP) is 1.07. The van der Waals surface area contributed by atoms with Gasteiger partial charge in [-0.2, -0.15) is 0 Å². The minimum atomic E-state index is -0.0845. The first-order valence-electron chi connectivity index (χ1n) is 7.17. The number of nitrogens with zero attached hydrogens (tertiary/aromatic N) is 4. The average molecular weight is 285 g/mol. The molecule has 0 saturated carbocycles. The Labute approximate surface area is 123 Å². The van der Waals surface area contributed by atoms with E-state index in [0.29, 0.717) is 5.82 Å². The van der Waals surface area contributed by atoms with Gasteiger partial charge in [0.25, 0.3) is 5.91 Å². The molecule has 2 heterocycles. The summed E-state index contributed by atoms with van der Waals surface area (Å²) in [5, 5.41) is 6.65. The lowest BCUT2D eigenvalue weighted by molar-refractivity contribution is 0.0617. The normalized spacial score (nSPS) is 16.1. The molecule has 1 aliphatic rings. The maximum absolute atomic E-state index is 12.2. The van der Waals surface area contributed by atoms with E-state index in [0.717, 1.165) is 32.7 Å². The fourth-order valence-electron chi connectivity index (χ4n) is 2.53. The number of carbonyl (C=O) groups is 1. The summed E-state index contributed by atoms with van der Waals surface area (Å²) in [6.45, 7) is 5.93. The highest BCUT2D eigenvalue weighted by molar-refractivity contribution is 5.90. The highest BCUT2D eigenvalue weighted by Crippen LogP contribution is 2.10. The van der Waals surface area contributed by atoms with Crippen LogP contribution in [-0.4, -0.2) is 57.1 Å². The largest absolute Gasteiger partial charge is 0.333 e. The number of aryl methyl sites for hydroxylation is 1. The van der Waals surface area contributed by atoms with Gasteiger partial charge in [-0.1, -0.05) is 30.3 Å². The van der Waals surface area contributed by atoms with E-state index in [9.17, 15) is 4.79 Å². The molecule has 1 aliphatic heterocycles. The number of benzene rings is 1. The van der Waals surface area contributed by atoms with Crippen LogP contribution in [0.2, 0.25) is 0 Å². The van der Waals surface area contributed by atoms with Crippen molar-refractivity contribution in [3.05, 3.63) is 47.5 Å². The second kappa shape index (κ2) is 6.05. The zero-order valence-corrected chi connectivity index (χ0v) is 12.1. The smallest absolute Gasteiger partial charge is 0.293 e. The molecule has 1 aromatic carbocycles. The van der Waals surface area contributed by atoms with Gasteiger partial charge in [0, 0.05) is 32.7 Å². The van der Waals surface area contributed by atoms with Crippen molar-refractivity contribution in [2.24, 2.45) is 0 Å². The maximum atomic E-state index is 12.2. The fourth-order valence-corrected chi connectivity index (χ4v) is 2.53. The van der Waals surface area contributed by atoms with Crippen LogP contribution >= 0.6 is 0 Å². The number of rotatable bonds is 3. The van der Waals surface area contributed by atoms with Gasteiger partial charge in [-0.05, 0) is 12.5 Å². The van der Waals surface area contributed by atoms with Crippen LogP contribution in [0.15, 0.2) is 30.3 Å². The van der Waals surface area contributed by atoms with Crippen molar-refractivity contribution in [1.82, 2.24) is 25.0 Å². The third kappa shape index (κ3) is 3.28. The quantitative estimate of drug-likeness (QED) is 0.916. The van der Waals surface area contributed by atoms with E-state index < -0.39 is 0 Å². The van der Waals surface area contributed by atoms with Crippen molar-refractivity contribution in [3.8, 4) is 0 Å². The van der Waals surface area contributed by atoms with Crippen LogP contribution in [0, 0.1) is 6.92 Å². The van der Waals surface area contributed by atoms with Crippen molar-refractivity contribution in [1.29, 1.82) is 0 Å². The third-order valence-corrected chi connectivity index (χ3v) is 3.70. The van der Waals surface area contributed by atoms with Crippen LogP contribution in [0.25, 0.3) is 0 Å². The van der Waals surface area contributed by atoms with Gasteiger partial charge in [0.15, 0.2) is 0 Å². The number of aromatic nitrogens is 3. The second-order valence-electron chi connectivity index (χ2n) is 5.30. The van der Waals surface area contributed by atoms with Gasteiger partial charge in [0.2, 0.25) is 5.82 Å². The first-order valence-corrected chi connectivity index (χ1v) is 7.17. The summed E-state index contributed by atoms with van der Waals surface area (Å²) >= 11 is 0. The number of aromatic amines is 1. The van der Waals surface area contributed by atoms with Gasteiger partial charge in [-0.3, -0.25) is 14.8 Å². The Bertz CT molecular complexity index is 602. The van der Waals surface area contributed by atoms with Gasteiger partial charge in [0.05, 0.1) is 0 Å². The molecule has 1 fully saturated rings. The van der Waals surface area contributed by atoms with Gasteiger partial charge in [0.1, 0.15) is 5.82 Å². The summed E-state index contributed by atoms with van der Waals surface area (Å²) in [5.41, 5.74) is 1.31. The highest BCUT2D eigenvalue weighted by Gasteiger charge is 2.24. The van der Waals surface area contributed by atoms with Gasteiger partial charge in [-0.15, -0.1) is 5.10 Å². The standard InChI is InChI=1S/C15H19N5O/c1-12-16-14(18-17-12)15(21)20-9-7-19(8-10-20)11-13-5-3-2-4-6-13/h2-6H,7-11H2,1H3,(H,16,17,18). The lowest BCUT2D eigenvalue weighted by Crippen LogP contribution is -2.48. The summed E-state index contributed by atoms with van der Waals surface area (Å²) < 4.78 is 0. The van der Waals surface area contributed by atoms with E-state index in [-0.39, 0.29) is 11.7 Å². The molecule has 1 aromatic heterocycles. The minimum absolute atomic E-state index is 0.0845. The first kappa shape index (κ1) is 13.8. The van der Waals surface area contributed by atoms with Gasteiger partial charge >= 0.3 is 0 Å². The van der Waals surface area contributed by atoms with Crippen molar-refractivity contribution in [2.75, 3.05) is 26.2 Å². The molecule has 2 aromatic rings. The minimum Gasteiger partial charge on any atom is -0.333 e. The molecule has 21 heavy (non-hydrogen) atoms. The van der Waals surface area contributed by atoms with E-state index in [4.69, 9.17) is 0 Å². The Morgan fingerprint density at radius 2 is 1.90 bits per heavy atom. The molecule has 0 spiro atoms. The molecule has 110 valence electrons. The number of H-pyrrole nitrogens is 1. The Balaban J connectivity index is 1.54. The van der Waals surface area contributed by atoms with E-state index in [1.54, 1.807) is 6.92 Å². The van der Waals surface area contributed by atoms with Crippen LogP contribution < -0.4 is 0 Å². The van der Waals surface area contributed by atoms with Crippen LogP contribution in [0.1, 0.15) is 22.0 Å². The summed E-state index contributed by atoms with van der Waals surface area (Å²) in [4.78, 5) is 20.5. The Morgan fingerprint density at radius 1 is 1.19 bits per heavy atom. The molecular formula is C15H19N5O. The number of hydrogen-bond donors (Lipinski definition) is 1. The topological polar surface area (TPSA) is 65.1 Å². The SMILES string of the molecule is Cc1nc(C(=O)N2CCN(Cc3ccccc3)CC2)n[nH]1. The van der Waals surface area contributed by atoms with Crippen LogP contribution in [0.4, 0.5) is 0 Å². The molecule has 0 bridgehead atoms. The van der Waals surface area contributed by atoms with Crippen molar-refractivity contribution < 1.29 is 4.79 Å². The average Bonchev–Trinajstić information content (AvgIpc) is 2.95. The molecule has 0 atom stereocenters. The lowest BCUT2D eigenvalue weighted by atomic mass is 10.2. The van der Waals surface area contributed by atoms with Crippen molar-refractivity contribution >= 4 is 5.91 Å². The number of piperazine rings is 1. The van der Waals surface area contributed by atoms with Crippen LogP contribution in [0.5, 0.6) is 0 Å². The molecule has 1 N–H and O–H groups in total. The number of hydrogen-bond acceptors (Lipinski definition) is 4. The predicted molar refractivity (Wildman–Crippen MR) is 78.7 cm³/mol. The summed E-state index contributed by atoms with van der Waals surface area (Å²) in [5.74, 6) is 0.851. The molecule has 1 saturated heterocycles. The lowest BCUT2D eigenvalue weighted by Gasteiger charge is -2.34. The van der Waals surface area contributed by atoms with Crippen molar-refractivity contribution in [3.63, 3.8) is 0 Å². The van der Waals surface area contributed by atoms with E-state index in [1.165, 1.54) is 5.56 Å². The van der Waals surface area contributed by atoms with E-state index in [1.807, 2.05) is 11.0 Å². The molecular weight excluding hydrogens is 266 g/mol. The van der Waals surface area contributed by atoms with E-state index in [2.05, 4.69) is 44.3 Å². The number of nitrogens with one attached hydrogen (secondary N) is 1. The van der Waals surface area contributed by atoms with Crippen LogP contribution in [0.3, 0.4) is 0 Å². The number of carbonyl (C=O) groups excluding carboxylic acids is 1. The molecule has 0 unspecified atom stereocenters. The molecule has 0 aliphatic carbocycles.